The lowest BCUT2D eigenvalue weighted by Gasteiger charge is -2.41. The van der Waals surface area contributed by atoms with Gasteiger partial charge in [0.05, 0.1) is 29.5 Å². The van der Waals surface area contributed by atoms with Gasteiger partial charge in [-0.05, 0) is 62.6 Å². The number of Topliss-reactive ketones (excluding diaryl/α,β-unsaturated/α-hetero) is 2. The molecule has 2 saturated heterocycles. The summed E-state index contributed by atoms with van der Waals surface area (Å²) in [5, 5.41) is 4.17. The lowest BCUT2D eigenvalue weighted by molar-refractivity contribution is -0.153. The van der Waals surface area contributed by atoms with Crippen molar-refractivity contribution in [2.45, 2.75) is 63.3 Å². The van der Waals surface area contributed by atoms with Crippen molar-refractivity contribution in [1.82, 2.24) is 9.80 Å². The van der Waals surface area contributed by atoms with E-state index in [1.54, 1.807) is 4.90 Å². The molecule has 1 aliphatic carbocycles. The summed E-state index contributed by atoms with van der Waals surface area (Å²) in [6.45, 7) is 1.58. The largest absolute Gasteiger partial charge is 0.449 e. The highest BCUT2D eigenvalue weighted by Gasteiger charge is 2.77. The number of carbonyl (C=O) groups is 4. The minimum atomic E-state index is -1.87. The number of hydrogen-bond acceptors (Lipinski definition) is 8. The number of nitrogens with zero attached hydrogens (tertiary/aromatic N) is 2. The predicted molar refractivity (Wildman–Crippen MR) is 202 cm³/mol. The lowest BCUT2D eigenvalue weighted by atomic mass is 9.82. The Bertz CT molecular complexity index is 1840. The molecular formula is C41H46N4O6P+. The van der Waals surface area contributed by atoms with Crippen molar-refractivity contribution >= 4 is 46.7 Å². The molecule has 0 unspecified atom stereocenters. The van der Waals surface area contributed by atoms with E-state index in [9.17, 15) is 19.2 Å². The van der Waals surface area contributed by atoms with Gasteiger partial charge in [0.15, 0.2) is 5.72 Å². The smallest absolute Gasteiger partial charge is 0.404 e. The fourth-order valence-corrected chi connectivity index (χ4v) is 13.4. The van der Waals surface area contributed by atoms with Crippen molar-refractivity contribution in [2.24, 2.45) is 17.4 Å². The summed E-state index contributed by atoms with van der Waals surface area (Å²) in [6, 6.07) is 32.2. The minimum absolute atomic E-state index is 0.0131. The zero-order valence-corrected chi connectivity index (χ0v) is 30.6. The number of fused-ring (bicyclic) bond motifs is 4. The number of methoxy groups -OCH3 is 1. The van der Waals surface area contributed by atoms with Gasteiger partial charge in [-0.15, -0.1) is 0 Å². The first-order valence-corrected chi connectivity index (χ1v) is 20.1. The van der Waals surface area contributed by atoms with Gasteiger partial charge in [-0.1, -0.05) is 67.4 Å². The number of hydrogen-bond donors (Lipinski definition) is 2. The number of ketones is 2. The first-order valence-electron chi connectivity index (χ1n) is 18.1. The van der Waals surface area contributed by atoms with E-state index in [1.165, 1.54) is 29.9 Å². The van der Waals surface area contributed by atoms with E-state index < -0.39 is 36.8 Å². The molecule has 0 saturated carbocycles. The summed E-state index contributed by atoms with van der Waals surface area (Å²) in [7, 11) is -0.371. The molecule has 3 aliphatic heterocycles. The van der Waals surface area contributed by atoms with Crippen LogP contribution in [-0.4, -0.2) is 77.6 Å². The number of piperazine rings is 1. The van der Waals surface area contributed by atoms with Crippen LogP contribution in [0.5, 0.6) is 0 Å². The number of unbranched alkanes of at least 4 members (excludes halogenated alkanes) is 4. The highest BCUT2D eigenvalue weighted by molar-refractivity contribution is 7.95. The molecule has 2 fully saturated rings. The van der Waals surface area contributed by atoms with Crippen LogP contribution < -0.4 is 27.4 Å². The van der Waals surface area contributed by atoms with Gasteiger partial charge in [0.2, 0.25) is 17.5 Å². The second kappa shape index (κ2) is 14.3. The Morgan fingerprint density at radius 1 is 0.827 bits per heavy atom. The second-order valence-corrected chi connectivity index (χ2v) is 17.7. The van der Waals surface area contributed by atoms with Crippen LogP contribution in [0.4, 0.5) is 4.79 Å². The summed E-state index contributed by atoms with van der Waals surface area (Å²) >= 11 is 0. The van der Waals surface area contributed by atoms with Crippen LogP contribution in [0.15, 0.2) is 114 Å². The molecule has 3 aromatic rings. The molecular weight excluding hydrogens is 675 g/mol. The zero-order valence-electron chi connectivity index (χ0n) is 29.7. The first-order chi connectivity index (χ1) is 25.2. The number of carbonyl (C=O) groups excluding carboxylic acids is 4. The number of ether oxygens (including phenoxy) is 2. The number of rotatable bonds is 14. The molecule has 4 aliphatic rings. The summed E-state index contributed by atoms with van der Waals surface area (Å²) < 4.78 is 11.4. The molecule has 270 valence electrons. The van der Waals surface area contributed by atoms with Crippen molar-refractivity contribution in [3.8, 4) is 0 Å². The molecule has 2 amide bonds. The third kappa shape index (κ3) is 5.73. The average Bonchev–Trinajstić information content (AvgIpc) is 3.68. The second-order valence-electron chi connectivity index (χ2n) is 14.1. The van der Waals surface area contributed by atoms with E-state index in [1.807, 2.05) is 4.90 Å². The van der Waals surface area contributed by atoms with Crippen LogP contribution in [0, 0.1) is 5.92 Å². The van der Waals surface area contributed by atoms with Crippen molar-refractivity contribution < 1.29 is 28.7 Å². The summed E-state index contributed by atoms with van der Waals surface area (Å²) in [4.78, 5) is 55.8. The van der Waals surface area contributed by atoms with Gasteiger partial charge in [0.1, 0.15) is 35.8 Å². The highest BCUT2D eigenvalue weighted by Crippen LogP contribution is 2.60. The topological polar surface area (TPSA) is 145 Å². The lowest BCUT2D eigenvalue weighted by Crippen LogP contribution is -2.56. The maximum atomic E-state index is 13.7. The summed E-state index contributed by atoms with van der Waals surface area (Å²) in [5.74, 6) is -1.67. The maximum Gasteiger partial charge on any atom is 0.404 e. The van der Waals surface area contributed by atoms with Gasteiger partial charge >= 0.3 is 6.09 Å². The molecule has 11 heteroatoms. The quantitative estimate of drug-likeness (QED) is 0.110. The Hall–Kier alpha value is -4.79. The molecule has 0 spiro atoms. The fourth-order valence-electron chi connectivity index (χ4n) is 8.98. The average molecular weight is 722 g/mol. The number of nitrogens with two attached hydrogens (primary N) is 2. The zero-order chi connectivity index (χ0) is 36.6. The van der Waals surface area contributed by atoms with Crippen LogP contribution in [0.2, 0.25) is 0 Å². The van der Waals surface area contributed by atoms with Gasteiger partial charge < -0.3 is 30.7 Å². The van der Waals surface area contributed by atoms with Gasteiger partial charge in [-0.25, -0.2) is 4.79 Å². The van der Waals surface area contributed by atoms with Crippen LogP contribution in [0.1, 0.15) is 45.4 Å². The summed E-state index contributed by atoms with van der Waals surface area (Å²) in [6.07, 6.45) is 5.31. The van der Waals surface area contributed by atoms with Gasteiger partial charge in [0.25, 0.3) is 0 Å². The van der Waals surface area contributed by atoms with Crippen LogP contribution in [0.25, 0.3) is 0 Å². The number of primary amides is 1. The molecule has 4 atom stereocenters. The molecule has 4 N–H and O–H groups in total. The minimum Gasteiger partial charge on any atom is -0.449 e. The molecule has 10 nitrogen and oxygen atoms in total. The third-order valence-corrected chi connectivity index (χ3v) is 16.0. The predicted octanol–water partition coefficient (Wildman–Crippen LogP) is 3.92. The maximum absolute atomic E-state index is 13.7. The monoisotopic (exact) mass is 721 g/mol. The molecule has 0 radical (unpaired) electrons. The molecule has 0 aromatic heterocycles. The Balaban J connectivity index is 0.982. The van der Waals surface area contributed by atoms with Crippen LogP contribution in [-0.2, 0) is 23.9 Å². The normalized spacial score (nSPS) is 23.5. The number of amides is 2. The van der Waals surface area contributed by atoms with Crippen LogP contribution in [0.3, 0.4) is 0 Å². The SMILES string of the molecule is CO[C@@]12[C@H](COC(N)=O)C3=C(C(=O)C(C)=C(N)C3=O)N1C[C@H]1[C@@H]2N1C(=O)CCCCCCC[P+](c1ccccc1)(c1ccccc1)c1ccccc1. The van der Waals surface area contributed by atoms with Crippen molar-refractivity contribution in [3.63, 3.8) is 0 Å². The number of benzene rings is 3. The molecule has 3 heterocycles. The standard InChI is InChI=1S/C41H45N4O6P/c1-27-35(42)38(48)34-31(26-51-40(43)49)41(50-2)39-32(25-44(41)36(34)37(27)47)45(39)33(46)23-15-4-3-5-16-24-52(28-17-9-6-10-18-28,29-19-11-7-12-20-29)30-21-13-8-14-22-30/h6-14,17-22,31-32,39H,3-5,15-16,23-26H2,1-2H3,(H3-,42,43,47,49)/p+1/t31-,32+,39+,41-,45?/m1/s1. The Labute approximate surface area is 305 Å². The Morgan fingerprint density at radius 3 is 1.90 bits per heavy atom. The Morgan fingerprint density at radius 2 is 1.37 bits per heavy atom. The van der Waals surface area contributed by atoms with Gasteiger partial charge in [0, 0.05) is 31.2 Å². The highest BCUT2D eigenvalue weighted by atomic mass is 31.2. The summed E-state index contributed by atoms with van der Waals surface area (Å²) in [5.41, 5.74) is 10.5. The van der Waals surface area contributed by atoms with Gasteiger partial charge in [-0.2, -0.15) is 0 Å². The Kier molecular flexibility index (Phi) is 9.81. The molecule has 0 bridgehead atoms. The van der Waals surface area contributed by atoms with Crippen molar-refractivity contribution in [2.75, 3.05) is 26.4 Å². The van der Waals surface area contributed by atoms with E-state index >= 15 is 0 Å². The van der Waals surface area contributed by atoms with E-state index in [4.69, 9.17) is 20.9 Å². The molecule has 7 rings (SSSR count). The first kappa shape index (κ1) is 35.6. The van der Waals surface area contributed by atoms with Crippen LogP contribution >= 0.6 is 7.26 Å². The van der Waals surface area contributed by atoms with E-state index in [-0.39, 0.29) is 46.9 Å². The molecule has 3 aromatic carbocycles. The fraction of sp³-hybridized carbons (Fsp3) is 0.366. The van der Waals surface area contributed by atoms with Crippen molar-refractivity contribution in [3.05, 3.63) is 114 Å². The van der Waals surface area contributed by atoms with Gasteiger partial charge in [-0.3, -0.25) is 14.4 Å². The van der Waals surface area contributed by atoms with E-state index in [0.29, 0.717) is 13.0 Å². The third-order valence-electron chi connectivity index (χ3n) is 11.5. The van der Waals surface area contributed by atoms with E-state index in [2.05, 4.69) is 91.0 Å². The molecule has 52 heavy (non-hydrogen) atoms. The number of allylic oxidation sites excluding steroid dienone is 2. The van der Waals surface area contributed by atoms with Crippen molar-refractivity contribution in [1.29, 1.82) is 0 Å². The van der Waals surface area contributed by atoms with E-state index in [0.717, 1.165) is 38.3 Å².